The minimum Gasteiger partial charge on any atom is -0.465 e. The van der Waals surface area contributed by atoms with Crippen molar-refractivity contribution in [2.75, 3.05) is 7.11 Å². The summed E-state index contributed by atoms with van der Waals surface area (Å²) in [5.74, 6) is -0.233. The van der Waals surface area contributed by atoms with Gasteiger partial charge in [-0.2, -0.15) is 0 Å². The number of halogens is 1. The first-order valence-electron chi connectivity index (χ1n) is 8.15. The van der Waals surface area contributed by atoms with E-state index < -0.39 is 0 Å². The van der Waals surface area contributed by atoms with Crippen LogP contribution in [0.15, 0.2) is 40.9 Å². The van der Waals surface area contributed by atoms with Crippen LogP contribution in [-0.4, -0.2) is 13.1 Å². The first-order valence-corrected chi connectivity index (χ1v) is 8.94. The number of ether oxygens (including phenoxy) is 1. The third-order valence-electron chi connectivity index (χ3n) is 4.54. The van der Waals surface area contributed by atoms with Crippen molar-refractivity contribution in [2.45, 2.75) is 38.5 Å². The molecule has 2 nitrogen and oxygen atoms in total. The summed E-state index contributed by atoms with van der Waals surface area (Å²) in [4.78, 5) is 12.1. The minimum atomic E-state index is -0.233. The number of methoxy groups -OCH3 is 1. The van der Waals surface area contributed by atoms with Crippen molar-refractivity contribution in [2.24, 2.45) is 0 Å². The predicted molar refractivity (Wildman–Crippen MR) is 96.0 cm³/mol. The molecule has 0 aromatic heterocycles. The van der Waals surface area contributed by atoms with E-state index in [4.69, 9.17) is 4.74 Å². The number of hydrogen-bond donors (Lipinski definition) is 0. The highest BCUT2D eigenvalue weighted by molar-refractivity contribution is 9.10. The van der Waals surface area contributed by atoms with Gasteiger partial charge in [-0.05, 0) is 72.9 Å². The largest absolute Gasteiger partial charge is 0.465 e. The lowest BCUT2D eigenvalue weighted by Crippen LogP contribution is -2.08. The van der Waals surface area contributed by atoms with E-state index in [0.717, 1.165) is 49.7 Å². The average Bonchev–Trinajstić information content (AvgIpc) is 2.57. The molecular weight excluding hydrogens is 352 g/mol. The molecule has 4 bridgehead atoms. The summed E-state index contributed by atoms with van der Waals surface area (Å²) in [5.41, 5.74) is 5.68. The zero-order valence-electron chi connectivity index (χ0n) is 13.4. The molecule has 0 spiro atoms. The monoisotopic (exact) mass is 372 g/mol. The number of hydrogen-bond acceptors (Lipinski definition) is 2. The maximum absolute atomic E-state index is 12.1. The van der Waals surface area contributed by atoms with Crippen LogP contribution in [0.3, 0.4) is 0 Å². The number of aryl methyl sites for hydroxylation is 4. The molecule has 4 aliphatic rings. The standard InChI is InChI=1S/C20H21BrO2/c1-23-20(22)18-12-14-4-2-3-5-15-7-9-17(19(21)13-15)11-10-16(18)8-6-14/h6-9,12-13H,2-5,10-11H2,1H3. The SMILES string of the molecule is COC(=O)c1cc2ccc1CCc1ccc(cc1Br)CCCC2. The maximum atomic E-state index is 12.1. The number of carbonyl (C=O) groups is 1. The zero-order valence-corrected chi connectivity index (χ0v) is 15.0. The topological polar surface area (TPSA) is 26.3 Å². The lowest BCUT2D eigenvalue weighted by Gasteiger charge is -2.13. The second-order valence-electron chi connectivity index (χ2n) is 6.12. The van der Waals surface area contributed by atoms with E-state index in [2.05, 4.69) is 46.3 Å². The van der Waals surface area contributed by atoms with E-state index in [-0.39, 0.29) is 5.97 Å². The lowest BCUT2D eigenvalue weighted by atomic mass is 9.94. The fourth-order valence-corrected chi connectivity index (χ4v) is 3.80. The third kappa shape index (κ3) is 3.84. The molecule has 2 aromatic rings. The van der Waals surface area contributed by atoms with E-state index in [9.17, 15) is 4.79 Å². The van der Waals surface area contributed by atoms with Crippen molar-refractivity contribution in [3.05, 3.63) is 68.7 Å². The summed E-state index contributed by atoms with van der Waals surface area (Å²) >= 11 is 3.69. The Labute approximate surface area is 146 Å². The molecule has 0 N–H and O–H groups in total. The van der Waals surface area contributed by atoms with Crippen molar-refractivity contribution in [3.8, 4) is 0 Å². The summed E-state index contributed by atoms with van der Waals surface area (Å²) in [6, 6.07) is 12.9. The lowest BCUT2D eigenvalue weighted by molar-refractivity contribution is 0.0599. The number of carbonyl (C=O) groups excluding carboxylic acids is 1. The smallest absolute Gasteiger partial charge is 0.338 e. The molecule has 0 atom stereocenters. The Morgan fingerprint density at radius 3 is 2.17 bits per heavy atom. The molecule has 0 aliphatic heterocycles. The van der Waals surface area contributed by atoms with Crippen LogP contribution in [0.25, 0.3) is 0 Å². The van der Waals surface area contributed by atoms with Crippen LogP contribution < -0.4 is 0 Å². The summed E-state index contributed by atoms with van der Waals surface area (Å²) in [7, 11) is 1.45. The minimum absolute atomic E-state index is 0.233. The highest BCUT2D eigenvalue weighted by Crippen LogP contribution is 2.24. The van der Waals surface area contributed by atoms with Crippen LogP contribution in [0.4, 0.5) is 0 Å². The molecular formula is C20H21BrO2. The Bertz CT molecular complexity index is 722. The summed E-state index contributed by atoms with van der Waals surface area (Å²) in [6.45, 7) is 0. The first-order chi connectivity index (χ1) is 11.2. The third-order valence-corrected chi connectivity index (χ3v) is 5.28. The van der Waals surface area contributed by atoms with Gasteiger partial charge in [-0.1, -0.05) is 40.2 Å². The molecule has 23 heavy (non-hydrogen) atoms. The van der Waals surface area contributed by atoms with Crippen LogP contribution in [0.2, 0.25) is 0 Å². The Morgan fingerprint density at radius 1 is 0.913 bits per heavy atom. The Hall–Kier alpha value is -1.61. The zero-order chi connectivity index (χ0) is 16.2. The van der Waals surface area contributed by atoms with Crippen molar-refractivity contribution >= 4 is 21.9 Å². The predicted octanol–water partition coefficient (Wildman–Crippen LogP) is 4.90. The number of esters is 1. The summed E-state index contributed by atoms with van der Waals surface area (Å²) < 4.78 is 6.14. The van der Waals surface area contributed by atoms with E-state index in [0.29, 0.717) is 0 Å². The molecule has 0 fully saturated rings. The fraction of sp³-hybridized carbons (Fsp3) is 0.350. The Morgan fingerprint density at radius 2 is 1.52 bits per heavy atom. The number of rotatable bonds is 1. The van der Waals surface area contributed by atoms with Gasteiger partial charge in [-0.15, -0.1) is 0 Å². The molecule has 0 saturated heterocycles. The number of benzene rings is 2. The summed E-state index contributed by atoms with van der Waals surface area (Å²) in [5, 5.41) is 0. The van der Waals surface area contributed by atoms with Crippen LogP contribution in [0.1, 0.15) is 45.5 Å². The fourth-order valence-electron chi connectivity index (χ4n) is 3.17. The molecule has 6 rings (SSSR count). The second kappa shape index (κ2) is 7.31. The van der Waals surface area contributed by atoms with Crippen LogP contribution >= 0.6 is 15.9 Å². The molecule has 0 radical (unpaired) electrons. The quantitative estimate of drug-likeness (QED) is 0.665. The molecule has 120 valence electrons. The van der Waals surface area contributed by atoms with Gasteiger partial charge < -0.3 is 4.74 Å². The van der Waals surface area contributed by atoms with Gasteiger partial charge in [0.2, 0.25) is 0 Å². The van der Waals surface area contributed by atoms with E-state index >= 15 is 0 Å². The molecule has 0 amide bonds. The average molecular weight is 373 g/mol. The van der Waals surface area contributed by atoms with Gasteiger partial charge in [-0.25, -0.2) is 4.79 Å². The van der Waals surface area contributed by atoms with Gasteiger partial charge in [-0.3, -0.25) is 0 Å². The second-order valence-corrected chi connectivity index (χ2v) is 6.97. The normalized spacial score (nSPS) is 14.5. The molecule has 4 aliphatic carbocycles. The first kappa shape index (κ1) is 16.3. The highest BCUT2D eigenvalue weighted by Gasteiger charge is 2.14. The van der Waals surface area contributed by atoms with Gasteiger partial charge in [0.05, 0.1) is 12.7 Å². The molecule has 0 unspecified atom stereocenters. The van der Waals surface area contributed by atoms with Gasteiger partial charge in [0, 0.05) is 4.47 Å². The maximum Gasteiger partial charge on any atom is 0.338 e. The molecule has 0 heterocycles. The van der Waals surface area contributed by atoms with E-state index in [1.54, 1.807) is 0 Å². The van der Waals surface area contributed by atoms with Crippen LogP contribution in [0.5, 0.6) is 0 Å². The van der Waals surface area contributed by atoms with Crippen molar-refractivity contribution < 1.29 is 9.53 Å². The van der Waals surface area contributed by atoms with Crippen molar-refractivity contribution in [3.63, 3.8) is 0 Å². The van der Waals surface area contributed by atoms with Gasteiger partial charge in [0.15, 0.2) is 0 Å². The van der Waals surface area contributed by atoms with Gasteiger partial charge in [0.1, 0.15) is 0 Å². The summed E-state index contributed by atoms with van der Waals surface area (Å²) in [6.07, 6.45) is 6.12. The van der Waals surface area contributed by atoms with E-state index in [1.807, 2.05) is 6.07 Å². The highest BCUT2D eigenvalue weighted by atomic mass is 79.9. The van der Waals surface area contributed by atoms with Gasteiger partial charge in [0.25, 0.3) is 0 Å². The van der Waals surface area contributed by atoms with Crippen LogP contribution in [0, 0.1) is 0 Å². The van der Waals surface area contributed by atoms with Crippen LogP contribution in [-0.2, 0) is 30.4 Å². The Kier molecular flexibility index (Phi) is 5.16. The van der Waals surface area contributed by atoms with Crippen molar-refractivity contribution in [1.82, 2.24) is 0 Å². The molecule has 3 heteroatoms. The molecule has 0 saturated carbocycles. The van der Waals surface area contributed by atoms with Gasteiger partial charge >= 0.3 is 5.97 Å². The van der Waals surface area contributed by atoms with E-state index in [1.165, 1.54) is 28.3 Å². The van der Waals surface area contributed by atoms with Crippen molar-refractivity contribution in [1.29, 1.82) is 0 Å². The Balaban J connectivity index is 1.98. The molecule has 2 aromatic carbocycles.